The number of hydrogen-bond acceptors (Lipinski definition) is 3. The van der Waals surface area contributed by atoms with Crippen LogP contribution in [0.3, 0.4) is 0 Å². The lowest BCUT2D eigenvalue weighted by Gasteiger charge is -2.09. The first-order chi connectivity index (χ1) is 11.6. The van der Waals surface area contributed by atoms with E-state index in [0.717, 1.165) is 23.3 Å². The molecule has 2 rings (SSSR count). The molecule has 0 aliphatic carbocycles. The number of carbonyl (C=O) groups is 1. The second-order valence-corrected chi connectivity index (χ2v) is 6.09. The topological polar surface area (TPSA) is 35.5 Å². The van der Waals surface area contributed by atoms with Gasteiger partial charge in [0.1, 0.15) is 11.5 Å². The Kier molecular flexibility index (Phi) is 6.86. The summed E-state index contributed by atoms with van der Waals surface area (Å²) in [7, 11) is 0. The number of rotatable bonds is 8. The number of aryl methyl sites for hydroxylation is 2. The van der Waals surface area contributed by atoms with E-state index in [4.69, 9.17) is 9.47 Å². The zero-order valence-electron chi connectivity index (χ0n) is 14.8. The molecular weight excluding hydrogens is 300 g/mol. The van der Waals surface area contributed by atoms with Crippen LogP contribution in [-0.4, -0.2) is 12.6 Å². The van der Waals surface area contributed by atoms with Crippen LogP contribution >= 0.6 is 0 Å². The zero-order valence-corrected chi connectivity index (χ0v) is 14.8. The number of carbonyl (C=O) groups excluding carboxylic acids is 1. The average molecular weight is 326 g/mol. The number of esters is 1. The van der Waals surface area contributed by atoms with Crippen molar-refractivity contribution in [2.45, 2.75) is 46.5 Å². The molecule has 0 fully saturated rings. The van der Waals surface area contributed by atoms with E-state index in [-0.39, 0.29) is 5.97 Å². The van der Waals surface area contributed by atoms with Crippen LogP contribution in [0.25, 0.3) is 0 Å². The highest BCUT2D eigenvalue weighted by Crippen LogP contribution is 2.21. The molecule has 3 nitrogen and oxygen atoms in total. The third kappa shape index (κ3) is 5.41. The van der Waals surface area contributed by atoms with Crippen molar-refractivity contribution in [1.82, 2.24) is 0 Å². The molecule has 0 spiro atoms. The van der Waals surface area contributed by atoms with E-state index in [9.17, 15) is 4.79 Å². The Bertz CT molecular complexity index is 659. The summed E-state index contributed by atoms with van der Waals surface area (Å²) < 4.78 is 11.2. The van der Waals surface area contributed by atoms with Crippen molar-refractivity contribution >= 4 is 5.97 Å². The number of unbranched alkanes of at least 4 members (excludes halogenated alkanes) is 3. The highest BCUT2D eigenvalue weighted by atomic mass is 16.5. The van der Waals surface area contributed by atoms with Crippen LogP contribution < -0.4 is 9.47 Å². The molecule has 2 aromatic carbocycles. The first kappa shape index (κ1) is 18.1. The summed E-state index contributed by atoms with van der Waals surface area (Å²) in [6.45, 7) is 6.81. The van der Waals surface area contributed by atoms with E-state index < -0.39 is 0 Å². The van der Waals surface area contributed by atoms with Gasteiger partial charge in [-0.05, 0) is 61.7 Å². The maximum atomic E-state index is 12.3. The van der Waals surface area contributed by atoms with Gasteiger partial charge in [0.2, 0.25) is 0 Å². The summed E-state index contributed by atoms with van der Waals surface area (Å²) in [5.41, 5.74) is 2.53. The maximum Gasteiger partial charge on any atom is 0.343 e. The fraction of sp³-hybridized carbons (Fsp3) is 0.381. The van der Waals surface area contributed by atoms with Crippen molar-refractivity contribution in [3.63, 3.8) is 0 Å². The van der Waals surface area contributed by atoms with E-state index in [2.05, 4.69) is 6.92 Å². The molecular formula is C21H26O3. The minimum Gasteiger partial charge on any atom is -0.494 e. The smallest absolute Gasteiger partial charge is 0.343 e. The molecule has 0 saturated carbocycles. The van der Waals surface area contributed by atoms with Crippen LogP contribution in [0.4, 0.5) is 0 Å². The summed E-state index contributed by atoms with van der Waals surface area (Å²) in [5.74, 6) is 1.05. The van der Waals surface area contributed by atoms with Gasteiger partial charge in [-0.1, -0.05) is 38.3 Å². The molecule has 24 heavy (non-hydrogen) atoms. The van der Waals surface area contributed by atoms with Crippen LogP contribution in [0, 0.1) is 13.8 Å². The highest BCUT2D eigenvalue weighted by Gasteiger charge is 2.10. The van der Waals surface area contributed by atoms with Gasteiger partial charge < -0.3 is 9.47 Å². The summed E-state index contributed by atoms with van der Waals surface area (Å²) in [6, 6.07) is 13.0. The number of hydrogen-bond donors (Lipinski definition) is 0. The largest absolute Gasteiger partial charge is 0.494 e. The van der Waals surface area contributed by atoms with Crippen molar-refractivity contribution in [3.8, 4) is 11.5 Å². The van der Waals surface area contributed by atoms with Crippen molar-refractivity contribution in [1.29, 1.82) is 0 Å². The summed E-state index contributed by atoms with van der Waals surface area (Å²) in [5, 5.41) is 0. The lowest BCUT2D eigenvalue weighted by Crippen LogP contribution is -2.09. The zero-order chi connectivity index (χ0) is 17.4. The van der Waals surface area contributed by atoms with Gasteiger partial charge in [0, 0.05) is 0 Å². The lowest BCUT2D eigenvalue weighted by atomic mass is 10.1. The molecule has 0 heterocycles. The van der Waals surface area contributed by atoms with Gasteiger partial charge in [0.15, 0.2) is 0 Å². The minimum atomic E-state index is -0.349. The Balaban J connectivity index is 1.90. The highest BCUT2D eigenvalue weighted by molar-refractivity contribution is 5.91. The Morgan fingerprint density at radius 1 is 0.958 bits per heavy atom. The molecule has 0 aliphatic heterocycles. The molecule has 0 N–H and O–H groups in total. The predicted octanol–water partition coefficient (Wildman–Crippen LogP) is 5.48. The van der Waals surface area contributed by atoms with Gasteiger partial charge in [-0.3, -0.25) is 0 Å². The van der Waals surface area contributed by atoms with Crippen LogP contribution in [0.2, 0.25) is 0 Å². The Morgan fingerprint density at radius 2 is 1.71 bits per heavy atom. The second kappa shape index (κ2) is 9.11. The van der Waals surface area contributed by atoms with Crippen LogP contribution in [0.15, 0.2) is 42.5 Å². The molecule has 0 unspecified atom stereocenters. The Morgan fingerprint density at radius 3 is 2.42 bits per heavy atom. The molecule has 0 saturated heterocycles. The number of ether oxygens (including phenoxy) is 2. The lowest BCUT2D eigenvalue weighted by molar-refractivity contribution is 0.0733. The molecule has 0 aliphatic rings. The summed E-state index contributed by atoms with van der Waals surface area (Å²) in [4.78, 5) is 12.3. The first-order valence-corrected chi connectivity index (χ1v) is 8.62. The molecule has 128 valence electrons. The predicted molar refractivity (Wildman–Crippen MR) is 97.0 cm³/mol. The minimum absolute atomic E-state index is 0.349. The van der Waals surface area contributed by atoms with E-state index in [0.29, 0.717) is 17.9 Å². The maximum absolute atomic E-state index is 12.3. The van der Waals surface area contributed by atoms with E-state index in [1.807, 2.05) is 44.2 Å². The van der Waals surface area contributed by atoms with Crippen molar-refractivity contribution in [2.75, 3.05) is 6.61 Å². The molecule has 0 radical (unpaired) electrons. The Hall–Kier alpha value is -2.29. The third-order valence-corrected chi connectivity index (χ3v) is 3.90. The fourth-order valence-corrected chi connectivity index (χ4v) is 2.38. The van der Waals surface area contributed by atoms with Gasteiger partial charge in [-0.15, -0.1) is 0 Å². The average Bonchev–Trinajstić information content (AvgIpc) is 2.58. The quantitative estimate of drug-likeness (QED) is 0.366. The van der Waals surface area contributed by atoms with Gasteiger partial charge in [-0.2, -0.15) is 0 Å². The fourth-order valence-electron chi connectivity index (χ4n) is 2.38. The molecule has 3 heteroatoms. The third-order valence-electron chi connectivity index (χ3n) is 3.90. The Labute approximate surface area is 144 Å². The molecule has 2 aromatic rings. The number of benzene rings is 2. The van der Waals surface area contributed by atoms with Crippen molar-refractivity contribution in [2.24, 2.45) is 0 Å². The van der Waals surface area contributed by atoms with Crippen LogP contribution in [-0.2, 0) is 0 Å². The van der Waals surface area contributed by atoms with Crippen molar-refractivity contribution in [3.05, 3.63) is 59.2 Å². The van der Waals surface area contributed by atoms with Gasteiger partial charge in [-0.25, -0.2) is 4.79 Å². The van der Waals surface area contributed by atoms with Crippen molar-refractivity contribution < 1.29 is 14.3 Å². The molecule has 0 atom stereocenters. The SMILES string of the molecule is CCCCCCOc1ccc(C(=O)Oc2cc(C)ccc2C)cc1. The first-order valence-electron chi connectivity index (χ1n) is 8.62. The molecule has 0 aromatic heterocycles. The standard InChI is InChI=1S/C21H26O3/c1-4-5-6-7-14-23-19-12-10-18(11-13-19)21(22)24-20-15-16(2)8-9-17(20)3/h8-13,15H,4-7,14H2,1-3H3. The van der Waals surface area contributed by atoms with Crippen LogP contribution in [0.1, 0.15) is 54.1 Å². The summed E-state index contributed by atoms with van der Waals surface area (Å²) >= 11 is 0. The van der Waals surface area contributed by atoms with E-state index in [1.54, 1.807) is 12.1 Å². The van der Waals surface area contributed by atoms with Gasteiger partial charge in [0.05, 0.1) is 12.2 Å². The monoisotopic (exact) mass is 326 g/mol. The second-order valence-electron chi connectivity index (χ2n) is 6.09. The van der Waals surface area contributed by atoms with Crippen LogP contribution in [0.5, 0.6) is 11.5 Å². The molecule has 0 amide bonds. The van der Waals surface area contributed by atoms with Gasteiger partial charge in [0.25, 0.3) is 0 Å². The van der Waals surface area contributed by atoms with Gasteiger partial charge >= 0.3 is 5.97 Å². The van der Waals surface area contributed by atoms with E-state index in [1.165, 1.54) is 19.3 Å². The molecule has 0 bridgehead atoms. The summed E-state index contributed by atoms with van der Waals surface area (Å²) in [6.07, 6.45) is 4.71. The normalized spacial score (nSPS) is 10.5. The van der Waals surface area contributed by atoms with E-state index >= 15 is 0 Å².